The van der Waals surface area contributed by atoms with Gasteiger partial charge in [-0.2, -0.15) is 10.2 Å². The van der Waals surface area contributed by atoms with E-state index in [0.29, 0.717) is 27.3 Å². The fraction of sp³-hybridized carbons (Fsp3) is 0.0588. The summed E-state index contributed by atoms with van der Waals surface area (Å²) in [7, 11) is -4.01. The Hall–Kier alpha value is -3.37. The minimum absolute atomic E-state index is 0.0974. The molecule has 0 fully saturated rings. The Kier molecular flexibility index (Phi) is 4.95. The predicted molar refractivity (Wildman–Crippen MR) is 106 cm³/mol. The van der Waals surface area contributed by atoms with Crippen LogP contribution in [0.1, 0.15) is 10.6 Å². The minimum Gasteiger partial charge on any atom is -0.346 e. The lowest BCUT2D eigenvalue weighted by Crippen LogP contribution is -2.27. The van der Waals surface area contributed by atoms with Gasteiger partial charge in [0.15, 0.2) is 5.01 Å². The fourth-order valence-corrected chi connectivity index (χ4v) is 4.09. The zero-order valence-electron chi connectivity index (χ0n) is 14.9. The molecule has 0 aliphatic rings. The predicted octanol–water partition coefficient (Wildman–Crippen LogP) is 2.50. The molecule has 0 bridgehead atoms. The van der Waals surface area contributed by atoms with E-state index in [2.05, 4.69) is 25.6 Å². The number of anilines is 1. The van der Waals surface area contributed by atoms with Crippen molar-refractivity contribution in [2.45, 2.75) is 11.8 Å². The van der Waals surface area contributed by atoms with Crippen LogP contribution in [0.25, 0.3) is 21.6 Å². The van der Waals surface area contributed by atoms with Gasteiger partial charge in [-0.25, -0.2) is 18.9 Å². The number of nitrogens with one attached hydrogen (secondary N) is 3. The van der Waals surface area contributed by atoms with Crippen LogP contribution < -0.4 is 10.4 Å². The summed E-state index contributed by atoms with van der Waals surface area (Å²) in [4.78, 5) is 14.3. The molecule has 0 spiro atoms. The van der Waals surface area contributed by atoms with Gasteiger partial charge in [0.05, 0.1) is 27.8 Å². The minimum atomic E-state index is -4.01. The molecule has 0 saturated carbocycles. The summed E-state index contributed by atoms with van der Waals surface area (Å²) in [6.45, 7) is 1.83. The van der Waals surface area contributed by atoms with Crippen molar-refractivity contribution in [1.29, 1.82) is 5.26 Å². The first kappa shape index (κ1) is 19.0. The normalized spacial score (nSPS) is 11.4. The quantitative estimate of drug-likeness (QED) is 0.398. The maximum Gasteiger partial charge on any atom is 0.264 e. The van der Waals surface area contributed by atoms with E-state index in [1.54, 1.807) is 18.5 Å². The van der Waals surface area contributed by atoms with Crippen molar-refractivity contribution in [2.75, 3.05) is 5.48 Å². The number of sulfonamides is 1. The number of aromatic amines is 1. The van der Waals surface area contributed by atoms with E-state index in [1.807, 2.05) is 17.9 Å². The largest absolute Gasteiger partial charge is 0.346 e. The van der Waals surface area contributed by atoms with Gasteiger partial charge in [-0.3, -0.25) is 0 Å². The molecular formula is C17H13N7O3S2. The smallest absolute Gasteiger partial charge is 0.264 e. The molecule has 146 valence electrons. The molecular weight excluding hydrogens is 414 g/mol. The Morgan fingerprint density at radius 1 is 1.28 bits per heavy atom. The average molecular weight is 427 g/mol. The molecule has 3 aromatic heterocycles. The van der Waals surface area contributed by atoms with Crippen LogP contribution in [0.4, 0.5) is 5.69 Å². The molecule has 0 aliphatic heterocycles. The van der Waals surface area contributed by atoms with Crippen molar-refractivity contribution in [3.8, 4) is 16.6 Å². The van der Waals surface area contributed by atoms with Crippen LogP contribution in [-0.2, 0) is 15.0 Å². The molecule has 29 heavy (non-hydrogen) atoms. The van der Waals surface area contributed by atoms with Crippen molar-refractivity contribution in [3.63, 3.8) is 0 Å². The van der Waals surface area contributed by atoms with Crippen LogP contribution in [0.15, 0.2) is 47.6 Å². The second kappa shape index (κ2) is 7.57. The van der Waals surface area contributed by atoms with Crippen molar-refractivity contribution in [2.24, 2.45) is 0 Å². The summed E-state index contributed by atoms with van der Waals surface area (Å²) >= 11 is 1.37. The molecule has 4 rings (SSSR count). The standard InChI is InChI=1S/C17H13N7O3S2/c1-10-21-22-17(28-10)14-9-20-16-13(5-6-19-16)15(14)23-27-24-29(25,26)12-4-2-3-11(7-12)8-18/h2-7,9,24H,1H3,(H2,19,20,23). The lowest BCUT2D eigenvalue weighted by atomic mass is 10.2. The van der Waals surface area contributed by atoms with E-state index >= 15 is 0 Å². The maximum atomic E-state index is 12.4. The van der Waals surface area contributed by atoms with E-state index in [9.17, 15) is 8.42 Å². The molecule has 10 nitrogen and oxygen atoms in total. The lowest BCUT2D eigenvalue weighted by molar-refractivity contribution is 0.149. The SMILES string of the molecule is Cc1nnc(-c2cnc3[nH]ccc3c2NONS(=O)(=O)c2cccc(C#N)c2)s1. The summed E-state index contributed by atoms with van der Waals surface area (Å²) in [5.74, 6) is 0. The van der Waals surface area contributed by atoms with Crippen LogP contribution in [0.2, 0.25) is 0 Å². The number of nitriles is 1. The summed E-state index contributed by atoms with van der Waals surface area (Å²) in [5.41, 5.74) is 4.52. The van der Waals surface area contributed by atoms with Gasteiger partial charge in [-0.15, -0.1) is 10.2 Å². The summed E-state index contributed by atoms with van der Waals surface area (Å²) in [5, 5.41) is 19.1. The zero-order chi connectivity index (χ0) is 20.4. The fourth-order valence-electron chi connectivity index (χ4n) is 2.59. The number of benzene rings is 1. The van der Waals surface area contributed by atoms with E-state index in [0.717, 1.165) is 5.01 Å². The van der Waals surface area contributed by atoms with Gasteiger partial charge < -0.3 is 4.98 Å². The highest BCUT2D eigenvalue weighted by atomic mass is 32.2. The van der Waals surface area contributed by atoms with Gasteiger partial charge in [-0.1, -0.05) is 22.3 Å². The Labute approximate surface area is 169 Å². The molecule has 0 aliphatic carbocycles. The first-order valence-electron chi connectivity index (χ1n) is 8.18. The van der Waals surface area contributed by atoms with E-state index in [1.165, 1.54) is 35.6 Å². The summed E-state index contributed by atoms with van der Waals surface area (Å²) < 4.78 is 24.9. The van der Waals surface area contributed by atoms with Crippen LogP contribution in [-0.4, -0.2) is 28.6 Å². The monoisotopic (exact) mass is 427 g/mol. The third-order valence-corrected chi connectivity index (χ3v) is 5.97. The Morgan fingerprint density at radius 3 is 2.90 bits per heavy atom. The summed E-state index contributed by atoms with van der Waals surface area (Å²) in [6.07, 6.45) is 3.30. The molecule has 1 aromatic carbocycles. The molecule has 3 N–H and O–H groups in total. The van der Waals surface area contributed by atoms with Crippen molar-refractivity contribution in [3.05, 3.63) is 53.3 Å². The average Bonchev–Trinajstić information content (AvgIpc) is 3.37. The van der Waals surface area contributed by atoms with Gasteiger partial charge in [0, 0.05) is 17.8 Å². The Morgan fingerprint density at radius 2 is 2.14 bits per heavy atom. The Balaban J connectivity index is 1.61. The third kappa shape index (κ3) is 3.80. The van der Waals surface area contributed by atoms with Crippen molar-refractivity contribution in [1.82, 2.24) is 25.1 Å². The molecule has 0 atom stereocenters. The number of nitrogens with zero attached hydrogens (tertiary/aromatic N) is 4. The summed E-state index contributed by atoms with van der Waals surface area (Å²) in [6, 6.07) is 9.26. The van der Waals surface area contributed by atoms with Crippen molar-refractivity contribution < 1.29 is 13.4 Å². The van der Waals surface area contributed by atoms with Crippen LogP contribution in [0, 0.1) is 18.3 Å². The third-order valence-electron chi connectivity index (χ3n) is 3.92. The topological polar surface area (TPSA) is 146 Å². The number of fused-ring (bicyclic) bond motifs is 1. The molecule has 12 heteroatoms. The molecule has 3 heterocycles. The van der Waals surface area contributed by atoms with Gasteiger partial charge in [0.1, 0.15) is 10.7 Å². The number of rotatable bonds is 6. The van der Waals surface area contributed by atoms with Gasteiger partial charge in [0.2, 0.25) is 0 Å². The molecule has 0 saturated heterocycles. The van der Waals surface area contributed by atoms with Gasteiger partial charge in [0.25, 0.3) is 10.0 Å². The number of aryl methyl sites for hydroxylation is 1. The maximum absolute atomic E-state index is 12.4. The van der Waals surface area contributed by atoms with E-state index in [-0.39, 0.29) is 10.5 Å². The highest BCUT2D eigenvalue weighted by molar-refractivity contribution is 7.89. The van der Waals surface area contributed by atoms with Gasteiger partial charge in [-0.05, 0) is 31.2 Å². The van der Waals surface area contributed by atoms with Gasteiger partial charge >= 0.3 is 0 Å². The van der Waals surface area contributed by atoms with E-state index < -0.39 is 10.0 Å². The number of H-pyrrole nitrogens is 1. The number of aromatic nitrogens is 4. The first-order chi connectivity index (χ1) is 14.0. The van der Waals surface area contributed by atoms with Crippen molar-refractivity contribution >= 4 is 38.1 Å². The second-order valence-electron chi connectivity index (χ2n) is 5.84. The zero-order valence-corrected chi connectivity index (χ0v) is 16.5. The molecule has 4 aromatic rings. The molecule has 0 amide bonds. The second-order valence-corrected chi connectivity index (χ2v) is 8.67. The highest BCUT2D eigenvalue weighted by Crippen LogP contribution is 2.34. The molecule has 0 unspecified atom stereocenters. The van der Waals surface area contributed by atoms with E-state index in [4.69, 9.17) is 10.2 Å². The number of hydrogen-bond donors (Lipinski definition) is 3. The number of pyridine rings is 1. The van der Waals surface area contributed by atoms with Crippen LogP contribution in [0.5, 0.6) is 0 Å². The highest BCUT2D eigenvalue weighted by Gasteiger charge is 2.18. The van der Waals surface area contributed by atoms with Crippen LogP contribution >= 0.6 is 11.3 Å². The Bertz CT molecular complexity index is 1340. The number of hydrogen-bond acceptors (Lipinski definition) is 9. The molecule has 0 radical (unpaired) electrons. The van der Waals surface area contributed by atoms with Crippen LogP contribution in [0.3, 0.4) is 0 Å². The first-order valence-corrected chi connectivity index (χ1v) is 10.5. The lowest BCUT2D eigenvalue weighted by Gasteiger charge is -2.12.